The molecule has 1 aliphatic heterocycles. The SMILES string of the molecule is Cc1cccc(Oc2cc(N3CCC(C(=O)O)C3)ccc2Cl)n1. The number of pyridine rings is 1. The number of aliphatic carboxylic acids is 1. The zero-order valence-corrected chi connectivity index (χ0v) is 13.5. The van der Waals surface area contributed by atoms with E-state index >= 15 is 0 Å². The van der Waals surface area contributed by atoms with Crippen molar-refractivity contribution in [1.29, 1.82) is 0 Å². The number of aryl methyl sites for hydroxylation is 1. The third-order valence-electron chi connectivity index (χ3n) is 3.89. The van der Waals surface area contributed by atoms with Gasteiger partial charge in [0.2, 0.25) is 5.88 Å². The van der Waals surface area contributed by atoms with Crippen LogP contribution in [0.2, 0.25) is 5.02 Å². The molecule has 5 nitrogen and oxygen atoms in total. The number of carbonyl (C=O) groups is 1. The number of ether oxygens (including phenoxy) is 1. The third-order valence-corrected chi connectivity index (χ3v) is 4.21. The Hall–Kier alpha value is -2.27. The second-order valence-corrected chi connectivity index (χ2v) is 6.01. The van der Waals surface area contributed by atoms with Crippen LogP contribution >= 0.6 is 11.6 Å². The average Bonchev–Trinajstić information content (AvgIpc) is 3.00. The molecule has 2 heterocycles. The zero-order chi connectivity index (χ0) is 16.4. The minimum atomic E-state index is -0.748. The summed E-state index contributed by atoms with van der Waals surface area (Å²) in [7, 11) is 0. The molecule has 0 saturated carbocycles. The summed E-state index contributed by atoms with van der Waals surface area (Å²) in [5, 5.41) is 9.61. The number of carboxylic acid groups (broad SMARTS) is 1. The van der Waals surface area contributed by atoms with Gasteiger partial charge in [-0.3, -0.25) is 4.79 Å². The molecule has 1 aliphatic rings. The first kappa shape index (κ1) is 15.6. The van der Waals surface area contributed by atoms with E-state index < -0.39 is 5.97 Å². The molecule has 0 bridgehead atoms. The number of anilines is 1. The molecule has 23 heavy (non-hydrogen) atoms. The quantitative estimate of drug-likeness (QED) is 0.924. The first-order chi connectivity index (χ1) is 11.0. The zero-order valence-electron chi connectivity index (χ0n) is 12.7. The van der Waals surface area contributed by atoms with Crippen LogP contribution in [-0.2, 0) is 4.79 Å². The Morgan fingerprint density at radius 3 is 2.91 bits per heavy atom. The normalized spacial score (nSPS) is 17.3. The van der Waals surface area contributed by atoms with Gasteiger partial charge in [-0.25, -0.2) is 4.98 Å². The van der Waals surface area contributed by atoms with Crippen LogP contribution in [0.3, 0.4) is 0 Å². The highest BCUT2D eigenvalue weighted by molar-refractivity contribution is 6.32. The summed E-state index contributed by atoms with van der Waals surface area (Å²) in [4.78, 5) is 17.4. The summed E-state index contributed by atoms with van der Waals surface area (Å²) in [6.45, 7) is 3.10. The van der Waals surface area contributed by atoms with Crippen molar-refractivity contribution in [3.63, 3.8) is 0 Å². The topological polar surface area (TPSA) is 62.7 Å². The van der Waals surface area contributed by atoms with E-state index in [1.807, 2.05) is 36.1 Å². The second kappa shape index (κ2) is 6.46. The maximum atomic E-state index is 11.1. The molecule has 6 heteroatoms. The van der Waals surface area contributed by atoms with Gasteiger partial charge in [0.1, 0.15) is 5.75 Å². The highest BCUT2D eigenvalue weighted by Gasteiger charge is 2.28. The van der Waals surface area contributed by atoms with E-state index in [0.29, 0.717) is 36.2 Å². The number of carboxylic acids is 1. The lowest BCUT2D eigenvalue weighted by Gasteiger charge is -2.19. The fourth-order valence-corrected chi connectivity index (χ4v) is 2.81. The highest BCUT2D eigenvalue weighted by atomic mass is 35.5. The number of hydrogen-bond acceptors (Lipinski definition) is 4. The summed E-state index contributed by atoms with van der Waals surface area (Å²) in [5.74, 6) is -0.0784. The average molecular weight is 333 g/mol. The van der Waals surface area contributed by atoms with Crippen LogP contribution in [0.5, 0.6) is 11.6 Å². The van der Waals surface area contributed by atoms with E-state index in [4.69, 9.17) is 21.4 Å². The van der Waals surface area contributed by atoms with E-state index in [0.717, 1.165) is 11.4 Å². The van der Waals surface area contributed by atoms with E-state index in [2.05, 4.69) is 4.98 Å². The molecule has 120 valence electrons. The molecule has 0 aliphatic carbocycles. The fourth-order valence-electron chi connectivity index (χ4n) is 2.65. The predicted molar refractivity (Wildman–Crippen MR) is 88.5 cm³/mol. The van der Waals surface area contributed by atoms with Crippen LogP contribution < -0.4 is 9.64 Å². The van der Waals surface area contributed by atoms with Crippen LogP contribution in [0.1, 0.15) is 12.1 Å². The predicted octanol–water partition coefficient (Wildman–Crippen LogP) is 3.75. The molecular formula is C17H17ClN2O3. The molecule has 0 amide bonds. The highest BCUT2D eigenvalue weighted by Crippen LogP contribution is 2.34. The van der Waals surface area contributed by atoms with Crippen LogP contribution in [0.25, 0.3) is 0 Å². The number of benzene rings is 1. The molecule has 1 atom stereocenters. The van der Waals surface area contributed by atoms with Crippen molar-refractivity contribution in [2.75, 3.05) is 18.0 Å². The lowest BCUT2D eigenvalue weighted by molar-refractivity contribution is -0.140. The maximum Gasteiger partial charge on any atom is 0.308 e. The standard InChI is InChI=1S/C17H17ClN2O3/c1-11-3-2-4-16(19-11)23-15-9-13(5-6-14(15)18)20-8-7-12(10-20)17(21)22/h2-6,9,12H,7-8,10H2,1H3,(H,21,22). The van der Waals surface area contributed by atoms with Gasteiger partial charge in [-0.05, 0) is 31.5 Å². The summed E-state index contributed by atoms with van der Waals surface area (Å²) in [5.41, 5.74) is 1.76. The first-order valence-corrected chi connectivity index (χ1v) is 7.79. The molecule has 0 spiro atoms. The van der Waals surface area contributed by atoms with Crippen molar-refractivity contribution < 1.29 is 14.6 Å². The molecule has 1 aromatic carbocycles. The molecule has 1 unspecified atom stereocenters. The van der Waals surface area contributed by atoms with Crippen molar-refractivity contribution in [3.05, 3.63) is 47.1 Å². The Kier molecular flexibility index (Phi) is 4.39. The lowest BCUT2D eigenvalue weighted by Crippen LogP contribution is -2.22. The van der Waals surface area contributed by atoms with Gasteiger partial charge in [-0.15, -0.1) is 0 Å². The van der Waals surface area contributed by atoms with Crippen LogP contribution in [0, 0.1) is 12.8 Å². The molecule has 2 aromatic rings. The van der Waals surface area contributed by atoms with Crippen LogP contribution in [0.15, 0.2) is 36.4 Å². The van der Waals surface area contributed by atoms with Crippen molar-refractivity contribution in [1.82, 2.24) is 4.98 Å². The van der Waals surface area contributed by atoms with Crippen molar-refractivity contribution >= 4 is 23.3 Å². The van der Waals surface area contributed by atoms with E-state index in [1.54, 1.807) is 12.1 Å². The summed E-state index contributed by atoms with van der Waals surface area (Å²) >= 11 is 6.21. The Bertz CT molecular complexity index is 736. The van der Waals surface area contributed by atoms with Crippen LogP contribution in [0.4, 0.5) is 5.69 Å². The monoisotopic (exact) mass is 332 g/mol. The largest absolute Gasteiger partial charge is 0.481 e. The van der Waals surface area contributed by atoms with Gasteiger partial charge in [0.25, 0.3) is 0 Å². The van der Waals surface area contributed by atoms with E-state index in [1.165, 1.54) is 0 Å². The molecule has 1 aromatic heterocycles. The summed E-state index contributed by atoms with van der Waals surface area (Å²) in [6, 6.07) is 11.0. The smallest absolute Gasteiger partial charge is 0.308 e. The number of aromatic nitrogens is 1. The van der Waals surface area contributed by atoms with E-state index in [9.17, 15) is 4.79 Å². The first-order valence-electron chi connectivity index (χ1n) is 7.42. The van der Waals surface area contributed by atoms with Gasteiger partial charge in [0.05, 0.1) is 10.9 Å². The number of hydrogen-bond donors (Lipinski definition) is 1. The van der Waals surface area contributed by atoms with Crippen molar-refractivity contribution in [2.45, 2.75) is 13.3 Å². The second-order valence-electron chi connectivity index (χ2n) is 5.60. The Balaban J connectivity index is 1.81. The summed E-state index contributed by atoms with van der Waals surface area (Å²) < 4.78 is 5.78. The van der Waals surface area contributed by atoms with Crippen molar-refractivity contribution in [3.8, 4) is 11.6 Å². The number of nitrogens with zero attached hydrogens (tertiary/aromatic N) is 2. The van der Waals surface area contributed by atoms with Gasteiger partial charge in [0, 0.05) is 36.6 Å². The molecule has 3 rings (SSSR count). The minimum Gasteiger partial charge on any atom is -0.481 e. The van der Waals surface area contributed by atoms with Gasteiger partial charge < -0.3 is 14.7 Å². The van der Waals surface area contributed by atoms with Gasteiger partial charge in [0.15, 0.2) is 0 Å². The van der Waals surface area contributed by atoms with Crippen LogP contribution in [-0.4, -0.2) is 29.1 Å². The molecule has 1 N–H and O–H groups in total. The van der Waals surface area contributed by atoms with Gasteiger partial charge in [-0.1, -0.05) is 17.7 Å². The molecule has 1 fully saturated rings. The van der Waals surface area contributed by atoms with Crippen molar-refractivity contribution in [2.24, 2.45) is 5.92 Å². The summed E-state index contributed by atoms with van der Waals surface area (Å²) in [6.07, 6.45) is 0.646. The van der Waals surface area contributed by atoms with Gasteiger partial charge in [-0.2, -0.15) is 0 Å². The third kappa shape index (κ3) is 3.56. The maximum absolute atomic E-state index is 11.1. The molecular weight excluding hydrogens is 316 g/mol. The molecule has 0 radical (unpaired) electrons. The minimum absolute atomic E-state index is 0.325. The number of halogens is 1. The fraction of sp³-hybridized carbons (Fsp3) is 0.294. The molecule has 1 saturated heterocycles. The van der Waals surface area contributed by atoms with Gasteiger partial charge >= 0.3 is 5.97 Å². The Labute approximate surface area is 139 Å². The lowest BCUT2D eigenvalue weighted by atomic mass is 10.1. The Morgan fingerprint density at radius 2 is 2.22 bits per heavy atom. The Morgan fingerprint density at radius 1 is 1.39 bits per heavy atom. The number of rotatable bonds is 4. The van der Waals surface area contributed by atoms with E-state index in [-0.39, 0.29) is 5.92 Å².